The summed E-state index contributed by atoms with van der Waals surface area (Å²) in [7, 11) is 0. The number of anilines is 1. The van der Waals surface area contributed by atoms with Gasteiger partial charge in [0, 0.05) is 24.0 Å². The summed E-state index contributed by atoms with van der Waals surface area (Å²) in [6, 6.07) is 7.81. The van der Waals surface area contributed by atoms with Crippen molar-refractivity contribution in [3.8, 4) is 5.69 Å². The van der Waals surface area contributed by atoms with Crippen molar-refractivity contribution in [1.29, 1.82) is 0 Å². The summed E-state index contributed by atoms with van der Waals surface area (Å²) >= 11 is 5.96. The topological polar surface area (TPSA) is 55.9 Å². The zero-order valence-corrected chi connectivity index (χ0v) is 12.1. The van der Waals surface area contributed by atoms with Gasteiger partial charge in [-0.1, -0.05) is 18.0 Å². The number of nitrogens with one attached hydrogen (secondary N) is 1. The SMILES string of the molecule is NCCNc1cnn(-c2ccc(Cl)cc2)c1C1CCC1. The van der Waals surface area contributed by atoms with Crippen molar-refractivity contribution in [3.63, 3.8) is 0 Å². The lowest BCUT2D eigenvalue weighted by Crippen LogP contribution is -2.18. The summed E-state index contributed by atoms with van der Waals surface area (Å²) in [6.07, 6.45) is 5.66. The van der Waals surface area contributed by atoms with Crippen LogP contribution in [0, 0.1) is 0 Å². The first-order valence-electron chi connectivity index (χ1n) is 7.07. The van der Waals surface area contributed by atoms with Crippen LogP contribution < -0.4 is 11.1 Å². The van der Waals surface area contributed by atoms with Gasteiger partial charge in [0.05, 0.1) is 23.3 Å². The van der Waals surface area contributed by atoms with E-state index >= 15 is 0 Å². The van der Waals surface area contributed by atoms with Gasteiger partial charge in [0.25, 0.3) is 0 Å². The predicted octanol–water partition coefficient (Wildman–Crippen LogP) is 3.16. The summed E-state index contributed by atoms with van der Waals surface area (Å²) in [5.74, 6) is 0.591. The number of hydrogen-bond donors (Lipinski definition) is 2. The highest BCUT2D eigenvalue weighted by Crippen LogP contribution is 2.40. The van der Waals surface area contributed by atoms with Crippen molar-refractivity contribution in [1.82, 2.24) is 9.78 Å². The Bertz CT molecular complexity index is 572. The molecule has 5 heteroatoms. The summed E-state index contributed by atoms with van der Waals surface area (Å²) < 4.78 is 2.03. The van der Waals surface area contributed by atoms with E-state index < -0.39 is 0 Å². The number of nitrogens with zero attached hydrogens (tertiary/aromatic N) is 2. The summed E-state index contributed by atoms with van der Waals surface area (Å²) in [4.78, 5) is 0. The van der Waals surface area contributed by atoms with Crippen LogP contribution in [0.5, 0.6) is 0 Å². The number of nitrogens with two attached hydrogens (primary N) is 1. The smallest absolute Gasteiger partial charge is 0.0767 e. The van der Waals surface area contributed by atoms with E-state index in [2.05, 4.69) is 10.4 Å². The van der Waals surface area contributed by atoms with Crippen molar-refractivity contribution in [2.24, 2.45) is 5.73 Å². The highest BCUT2D eigenvalue weighted by atomic mass is 35.5. The molecule has 1 aliphatic carbocycles. The Morgan fingerprint density at radius 1 is 1.30 bits per heavy atom. The van der Waals surface area contributed by atoms with E-state index in [0.717, 1.165) is 22.9 Å². The standard InChI is InChI=1S/C15H19ClN4/c16-12-4-6-13(7-5-12)20-15(11-2-1-3-11)14(10-19-20)18-9-8-17/h4-7,10-11,18H,1-3,8-9,17H2. The normalized spacial score (nSPS) is 15.1. The van der Waals surface area contributed by atoms with Crippen LogP contribution in [0.25, 0.3) is 5.69 Å². The Labute approximate surface area is 123 Å². The van der Waals surface area contributed by atoms with Crippen LogP contribution in [0.4, 0.5) is 5.69 Å². The van der Waals surface area contributed by atoms with Crippen LogP contribution >= 0.6 is 11.6 Å². The summed E-state index contributed by atoms with van der Waals surface area (Å²) in [5, 5.41) is 8.66. The van der Waals surface area contributed by atoms with Crippen molar-refractivity contribution in [2.45, 2.75) is 25.2 Å². The molecule has 1 fully saturated rings. The van der Waals surface area contributed by atoms with Crippen LogP contribution in [0.15, 0.2) is 30.5 Å². The van der Waals surface area contributed by atoms with Crippen LogP contribution in [0.3, 0.4) is 0 Å². The lowest BCUT2D eigenvalue weighted by molar-refractivity contribution is 0.404. The van der Waals surface area contributed by atoms with E-state index in [1.54, 1.807) is 0 Å². The molecule has 0 spiro atoms. The third-order valence-electron chi connectivity index (χ3n) is 3.83. The summed E-state index contributed by atoms with van der Waals surface area (Å²) in [6.45, 7) is 1.39. The zero-order chi connectivity index (χ0) is 13.9. The first-order valence-corrected chi connectivity index (χ1v) is 7.45. The lowest BCUT2D eigenvalue weighted by atomic mass is 9.82. The molecular weight excluding hydrogens is 272 g/mol. The Balaban J connectivity index is 1.97. The molecule has 3 rings (SSSR count). The van der Waals surface area contributed by atoms with Gasteiger partial charge in [0.2, 0.25) is 0 Å². The second kappa shape index (κ2) is 5.85. The van der Waals surface area contributed by atoms with Crippen LogP contribution in [0.1, 0.15) is 30.9 Å². The molecular formula is C15H19ClN4. The van der Waals surface area contributed by atoms with Gasteiger partial charge in [0.15, 0.2) is 0 Å². The molecule has 20 heavy (non-hydrogen) atoms. The van der Waals surface area contributed by atoms with Gasteiger partial charge >= 0.3 is 0 Å². The summed E-state index contributed by atoms with van der Waals surface area (Å²) in [5.41, 5.74) is 9.01. The van der Waals surface area contributed by atoms with E-state index in [4.69, 9.17) is 17.3 Å². The molecule has 1 aliphatic rings. The van der Waals surface area contributed by atoms with Crippen LogP contribution in [0.2, 0.25) is 5.02 Å². The van der Waals surface area contributed by atoms with Crippen molar-refractivity contribution in [3.05, 3.63) is 41.2 Å². The maximum Gasteiger partial charge on any atom is 0.0767 e. The predicted molar refractivity (Wildman–Crippen MR) is 82.7 cm³/mol. The van der Waals surface area contributed by atoms with E-state index in [1.165, 1.54) is 25.0 Å². The fraction of sp³-hybridized carbons (Fsp3) is 0.400. The Hall–Kier alpha value is -1.52. The Morgan fingerprint density at radius 2 is 2.05 bits per heavy atom. The van der Waals surface area contributed by atoms with Gasteiger partial charge in [0.1, 0.15) is 0 Å². The third-order valence-corrected chi connectivity index (χ3v) is 4.08. The van der Waals surface area contributed by atoms with Crippen molar-refractivity contribution < 1.29 is 0 Å². The zero-order valence-electron chi connectivity index (χ0n) is 11.3. The van der Waals surface area contributed by atoms with E-state index in [1.807, 2.05) is 35.1 Å². The maximum absolute atomic E-state index is 5.96. The largest absolute Gasteiger partial charge is 0.381 e. The third kappa shape index (κ3) is 2.53. The number of hydrogen-bond acceptors (Lipinski definition) is 3. The highest BCUT2D eigenvalue weighted by molar-refractivity contribution is 6.30. The van der Waals surface area contributed by atoms with E-state index in [9.17, 15) is 0 Å². The molecule has 3 N–H and O–H groups in total. The number of aromatic nitrogens is 2. The molecule has 0 radical (unpaired) electrons. The van der Waals surface area contributed by atoms with E-state index in [0.29, 0.717) is 12.5 Å². The number of benzene rings is 1. The van der Waals surface area contributed by atoms with Gasteiger partial charge < -0.3 is 11.1 Å². The molecule has 0 aliphatic heterocycles. The molecule has 0 unspecified atom stereocenters. The number of halogens is 1. The molecule has 0 atom stereocenters. The first kappa shape index (κ1) is 13.5. The van der Waals surface area contributed by atoms with Crippen molar-refractivity contribution in [2.75, 3.05) is 18.4 Å². The molecule has 106 valence electrons. The second-order valence-electron chi connectivity index (χ2n) is 5.17. The van der Waals surface area contributed by atoms with Gasteiger partial charge in [-0.15, -0.1) is 0 Å². The fourth-order valence-electron chi connectivity index (χ4n) is 2.56. The highest BCUT2D eigenvalue weighted by Gasteiger charge is 2.27. The quantitative estimate of drug-likeness (QED) is 0.889. The molecule has 0 saturated heterocycles. The Morgan fingerprint density at radius 3 is 2.65 bits per heavy atom. The monoisotopic (exact) mass is 290 g/mol. The molecule has 4 nitrogen and oxygen atoms in total. The maximum atomic E-state index is 5.96. The first-order chi connectivity index (χ1) is 9.79. The molecule has 0 amide bonds. The molecule has 1 saturated carbocycles. The minimum atomic E-state index is 0.591. The molecule has 0 bridgehead atoms. The van der Waals surface area contributed by atoms with Crippen LogP contribution in [-0.2, 0) is 0 Å². The average molecular weight is 291 g/mol. The molecule has 1 heterocycles. The minimum Gasteiger partial charge on any atom is -0.381 e. The van der Waals surface area contributed by atoms with E-state index in [-0.39, 0.29) is 0 Å². The average Bonchev–Trinajstić information content (AvgIpc) is 2.79. The molecule has 2 aromatic rings. The van der Waals surface area contributed by atoms with Gasteiger partial charge in [-0.3, -0.25) is 0 Å². The molecule has 1 aromatic heterocycles. The van der Waals surface area contributed by atoms with Crippen molar-refractivity contribution >= 4 is 17.3 Å². The van der Waals surface area contributed by atoms with Crippen LogP contribution in [-0.4, -0.2) is 22.9 Å². The van der Waals surface area contributed by atoms with Gasteiger partial charge in [-0.25, -0.2) is 4.68 Å². The Kier molecular flexibility index (Phi) is 3.94. The molecule has 1 aromatic carbocycles. The second-order valence-corrected chi connectivity index (χ2v) is 5.61. The lowest BCUT2D eigenvalue weighted by Gasteiger charge is -2.27. The van der Waals surface area contributed by atoms with Gasteiger partial charge in [-0.2, -0.15) is 5.10 Å². The fourth-order valence-corrected chi connectivity index (χ4v) is 2.69. The minimum absolute atomic E-state index is 0.591. The van der Waals surface area contributed by atoms with Gasteiger partial charge in [-0.05, 0) is 37.1 Å². The number of rotatable bonds is 5.